The topological polar surface area (TPSA) is 50.8 Å². The molecule has 1 aliphatic rings. The van der Waals surface area contributed by atoms with Gasteiger partial charge in [-0.2, -0.15) is 0 Å². The maximum atomic E-state index is 11.8. The van der Waals surface area contributed by atoms with Crippen molar-refractivity contribution in [1.82, 2.24) is 10.4 Å². The lowest BCUT2D eigenvalue weighted by Crippen LogP contribution is -2.50. The lowest BCUT2D eigenvalue weighted by atomic mass is 10.1. The lowest BCUT2D eigenvalue weighted by molar-refractivity contribution is -0.0202. The second kappa shape index (κ2) is 5.50. The molecule has 0 bridgehead atoms. The van der Waals surface area contributed by atoms with Crippen molar-refractivity contribution in [2.24, 2.45) is 0 Å². The van der Waals surface area contributed by atoms with E-state index in [-0.39, 0.29) is 17.7 Å². The third kappa shape index (κ3) is 3.64. The van der Waals surface area contributed by atoms with Gasteiger partial charge in [0.25, 0.3) is 0 Å². The van der Waals surface area contributed by atoms with Crippen LogP contribution in [-0.4, -0.2) is 42.3 Å². The smallest absolute Gasteiger partial charge is 0.341 e. The number of hydrogen-bond acceptors (Lipinski definition) is 3. The van der Waals surface area contributed by atoms with E-state index in [1.807, 2.05) is 27.7 Å². The second-order valence-corrected chi connectivity index (χ2v) is 4.93. The van der Waals surface area contributed by atoms with Crippen LogP contribution in [0.5, 0.6) is 0 Å². The van der Waals surface area contributed by atoms with Gasteiger partial charge in [0, 0.05) is 25.1 Å². The summed E-state index contributed by atoms with van der Waals surface area (Å²) in [7, 11) is 0. The Labute approximate surface area is 97.0 Å². The molecule has 0 unspecified atom stereocenters. The van der Waals surface area contributed by atoms with Crippen LogP contribution in [0.25, 0.3) is 0 Å². The summed E-state index contributed by atoms with van der Waals surface area (Å²) >= 11 is 0. The third-order valence-corrected chi connectivity index (χ3v) is 2.57. The number of nitrogens with zero attached hydrogens (tertiary/aromatic N) is 1. The molecule has 1 aliphatic heterocycles. The number of ether oxygens (including phenoxy) is 1. The molecular formula is C11H22N2O3. The van der Waals surface area contributed by atoms with E-state index in [1.165, 1.54) is 0 Å². The number of nitrogens with one attached hydrogen (secondary N) is 1. The van der Waals surface area contributed by atoms with Gasteiger partial charge in [-0.1, -0.05) is 0 Å². The average Bonchev–Trinajstić information content (AvgIpc) is 2.65. The summed E-state index contributed by atoms with van der Waals surface area (Å²) in [5.74, 6) is 0. The molecular weight excluding hydrogens is 208 g/mol. The summed E-state index contributed by atoms with van der Waals surface area (Å²) in [6.45, 7) is 9.85. The van der Waals surface area contributed by atoms with Gasteiger partial charge in [-0.25, -0.2) is 10.3 Å². The Morgan fingerprint density at radius 3 is 2.69 bits per heavy atom. The molecule has 1 atom stereocenters. The number of rotatable bonds is 3. The summed E-state index contributed by atoms with van der Waals surface area (Å²) in [6.07, 6.45) is 0.824. The first-order chi connectivity index (χ1) is 7.45. The van der Waals surface area contributed by atoms with Crippen LogP contribution >= 0.6 is 0 Å². The van der Waals surface area contributed by atoms with Crippen LogP contribution in [0.2, 0.25) is 0 Å². The van der Waals surface area contributed by atoms with Gasteiger partial charge in [0.15, 0.2) is 0 Å². The normalized spacial score (nSPS) is 20.9. The summed E-state index contributed by atoms with van der Waals surface area (Å²) in [5, 5.41) is 0. The van der Waals surface area contributed by atoms with E-state index in [1.54, 1.807) is 4.90 Å². The minimum atomic E-state index is -0.200. The quantitative estimate of drug-likeness (QED) is 0.748. The monoisotopic (exact) mass is 230 g/mol. The van der Waals surface area contributed by atoms with Gasteiger partial charge in [0.1, 0.15) is 6.10 Å². The maximum Gasteiger partial charge on any atom is 0.341 e. The van der Waals surface area contributed by atoms with Crippen molar-refractivity contribution in [2.45, 2.75) is 45.8 Å². The van der Waals surface area contributed by atoms with Crippen LogP contribution in [0.4, 0.5) is 4.79 Å². The molecule has 5 nitrogen and oxygen atoms in total. The average molecular weight is 230 g/mol. The molecule has 1 N–H and O–H groups in total. The van der Waals surface area contributed by atoms with Gasteiger partial charge in [-0.3, -0.25) is 4.84 Å². The third-order valence-electron chi connectivity index (χ3n) is 2.57. The zero-order valence-corrected chi connectivity index (χ0v) is 10.6. The fourth-order valence-electron chi connectivity index (χ4n) is 1.72. The first-order valence-electron chi connectivity index (χ1n) is 5.76. The maximum absolute atomic E-state index is 11.8. The molecule has 2 amide bonds. The Balaban J connectivity index is 2.37. The van der Waals surface area contributed by atoms with Crippen molar-refractivity contribution in [2.75, 3.05) is 19.8 Å². The SMILES string of the molecule is CCN(C(=O)NO[C@H]1CCOC1)C(C)(C)C. The second-order valence-electron chi connectivity index (χ2n) is 4.93. The molecule has 94 valence electrons. The first-order valence-corrected chi connectivity index (χ1v) is 5.76. The number of urea groups is 1. The van der Waals surface area contributed by atoms with Crippen molar-refractivity contribution >= 4 is 6.03 Å². The molecule has 0 saturated carbocycles. The Morgan fingerprint density at radius 1 is 1.56 bits per heavy atom. The number of hydroxylamine groups is 1. The molecule has 0 aromatic heterocycles. The predicted molar refractivity (Wildman–Crippen MR) is 61.0 cm³/mol. The van der Waals surface area contributed by atoms with Crippen LogP contribution in [0.15, 0.2) is 0 Å². The van der Waals surface area contributed by atoms with Crippen LogP contribution in [0.3, 0.4) is 0 Å². The molecule has 0 aromatic carbocycles. The first kappa shape index (κ1) is 13.3. The molecule has 1 rings (SSSR count). The van der Waals surface area contributed by atoms with E-state index in [2.05, 4.69) is 5.48 Å². The largest absolute Gasteiger partial charge is 0.379 e. The highest BCUT2D eigenvalue weighted by atomic mass is 16.7. The zero-order chi connectivity index (χ0) is 12.2. The van der Waals surface area contributed by atoms with E-state index in [0.29, 0.717) is 19.8 Å². The molecule has 16 heavy (non-hydrogen) atoms. The van der Waals surface area contributed by atoms with Crippen LogP contribution in [0.1, 0.15) is 34.1 Å². The van der Waals surface area contributed by atoms with Crippen LogP contribution in [-0.2, 0) is 9.57 Å². The van der Waals surface area contributed by atoms with Crippen LogP contribution < -0.4 is 5.48 Å². The Kier molecular flexibility index (Phi) is 4.56. The highest BCUT2D eigenvalue weighted by molar-refractivity contribution is 5.73. The summed E-state index contributed by atoms with van der Waals surface area (Å²) in [5.41, 5.74) is 2.29. The number of carbonyl (C=O) groups is 1. The number of amides is 2. The Bertz CT molecular complexity index is 232. The fraction of sp³-hybridized carbons (Fsp3) is 0.909. The predicted octanol–water partition coefficient (Wildman–Crippen LogP) is 1.54. The number of hydrogen-bond donors (Lipinski definition) is 1. The highest BCUT2D eigenvalue weighted by Crippen LogP contribution is 2.13. The van der Waals surface area contributed by atoms with Crippen molar-refractivity contribution in [3.63, 3.8) is 0 Å². The van der Waals surface area contributed by atoms with Crippen molar-refractivity contribution < 1.29 is 14.4 Å². The van der Waals surface area contributed by atoms with E-state index < -0.39 is 0 Å². The number of carbonyl (C=O) groups excluding carboxylic acids is 1. The van der Waals surface area contributed by atoms with E-state index in [9.17, 15) is 4.79 Å². The minimum absolute atomic E-state index is 0.0115. The van der Waals surface area contributed by atoms with Crippen molar-refractivity contribution in [1.29, 1.82) is 0 Å². The van der Waals surface area contributed by atoms with Gasteiger partial charge in [-0.15, -0.1) is 0 Å². The molecule has 0 spiro atoms. The molecule has 1 heterocycles. The molecule has 0 aliphatic carbocycles. The summed E-state index contributed by atoms with van der Waals surface area (Å²) in [6, 6.07) is -0.193. The summed E-state index contributed by atoms with van der Waals surface area (Å²) < 4.78 is 5.15. The van der Waals surface area contributed by atoms with Gasteiger partial charge in [0.05, 0.1) is 6.61 Å². The standard InChI is InChI=1S/C11H22N2O3/c1-5-13(11(2,3)4)10(14)12-16-9-6-7-15-8-9/h9H,5-8H2,1-4H3,(H,12,14)/t9-/m0/s1. The Hall–Kier alpha value is -0.810. The minimum Gasteiger partial charge on any atom is -0.379 e. The molecule has 1 fully saturated rings. The van der Waals surface area contributed by atoms with E-state index in [0.717, 1.165) is 6.42 Å². The van der Waals surface area contributed by atoms with Gasteiger partial charge in [0.2, 0.25) is 0 Å². The lowest BCUT2D eigenvalue weighted by Gasteiger charge is -2.34. The molecule has 0 radical (unpaired) electrons. The van der Waals surface area contributed by atoms with Gasteiger partial charge < -0.3 is 9.64 Å². The Morgan fingerprint density at radius 2 is 2.25 bits per heavy atom. The van der Waals surface area contributed by atoms with Gasteiger partial charge >= 0.3 is 6.03 Å². The van der Waals surface area contributed by atoms with Crippen molar-refractivity contribution in [3.05, 3.63) is 0 Å². The zero-order valence-electron chi connectivity index (χ0n) is 10.6. The van der Waals surface area contributed by atoms with Crippen molar-refractivity contribution in [3.8, 4) is 0 Å². The molecule has 0 aromatic rings. The van der Waals surface area contributed by atoms with Crippen LogP contribution in [0, 0.1) is 0 Å². The highest BCUT2D eigenvalue weighted by Gasteiger charge is 2.26. The van der Waals surface area contributed by atoms with E-state index in [4.69, 9.17) is 9.57 Å². The summed E-state index contributed by atoms with van der Waals surface area (Å²) in [4.78, 5) is 18.8. The molecule has 1 saturated heterocycles. The van der Waals surface area contributed by atoms with E-state index >= 15 is 0 Å². The molecule has 5 heteroatoms. The fourth-order valence-corrected chi connectivity index (χ4v) is 1.72. The van der Waals surface area contributed by atoms with Gasteiger partial charge in [-0.05, 0) is 27.7 Å².